The first-order chi connectivity index (χ1) is 41.8. The summed E-state index contributed by atoms with van der Waals surface area (Å²) in [7, 11) is 4.32. The lowest BCUT2D eigenvalue weighted by Gasteiger charge is -2.40. The van der Waals surface area contributed by atoms with Crippen molar-refractivity contribution in [3.05, 3.63) is 116 Å². The molecule has 24 nitrogen and oxygen atoms in total. The molecule has 2 bridgehead atoms. The summed E-state index contributed by atoms with van der Waals surface area (Å²) >= 11 is 0. The molecule has 0 unspecified atom stereocenters. The van der Waals surface area contributed by atoms with Crippen LogP contribution >= 0.6 is 0 Å². The standard InChI is InChI=1S/C64H85N3O21/c1-38-16-11-10-12-17-39(2)52(80-7)36-49-18-15-30-64(75,88-49)59(70)60(71)65-31-14-13-19-50(65)61(72)85-53(41(4)34-44-20-29-51(55(35-44)81-8)86-62(73)83-47-25-21-45(22-26-47)66(76)77)37-54(87-63(74)84-48-27-23-46(24-28-48)67(78)79)40(3)33-43(6)57(69)58(82-9)56(68)42(5)32-38/h10-12,16-17,21-28,33,38,40-42,44,49-55,57-58,69,75H,13-15,18-20,29-32,34-37H2,1-9H3/b12-10+,16-11+,39-17+,43-33+/t38-,40-,41-,42-,44+,49+,50+,51-,52+,53+,54-,55-,57-,58+,64-/m1/s1. The van der Waals surface area contributed by atoms with Crippen LogP contribution in [-0.2, 0) is 52.3 Å². The van der Waals surface area contributed by atoms with Gasteiger partial charge in [-0.2, -0.15) is 0 Å². The summed E-state index contributed by atoms with van der Waals surface area (Å²) in [4.78, 5) is 107. The molecule has 3 heterocycles. The average molecular weight is 1230 g/mol. The summed E-state index contributed by atoms with van der Waals surface area (Å²) < 4.78 is 52.6. The Kier molecular flexibility index (Phi) is 26.1. The lowest BCUT2D eigenvalue weighted by atomic mass is 9.78. The van der Waals surface area contributed by atoms with Crippen LogP contribution < -0.4 is 9.47 Å². The number of nitro benzene ring substituents is 2. The van der Waals surface area contributed by atoms with Crippen LogP contribution in [0.15, 0.2) is 96.1 Å². The van der Waals surface area contributed by atoms with Crippen LogP contribution in [0.25, 0.3) is 0 Å². The number of aliphatic hydroxyl groups is 2. The molecule has 1 amide bonds. The highest BCUT2D eigenvalue weighted by Crippen LogP contribution is 2.38. The number of ketones is 2. The number of esters is 1. The lowest BCUT2D eigenvalue weighted by Crippen LogP contribution is -2.58. The van der Waals surface area contributed by atoms with E-state index in [1.54, 1.807) is 26.8 Å². The predicted molar refractivity (Wildman–Crippen MR) is 318 cm³/mol. The minimum Gasteiger partial charge on any atom is -0.460 e. The second-order valence-corrected chi connectivity index (χ2v) is 23.7. The van der Waals surface area contributed by atoms with E-state index in [9.17, 15) is 59.2 Å². The summed E-state index contributed by atoms with van der Waals surface area (Å²) in [6.07, 6.45) is 4.48. The number of benzene rings is 2. The third-order valence-electron chi connectivity index (χ3n) is 17.1. The Morgan fingerprint density at radius 1 is 0.739 bits per heavy atom. The first-order valence-corrected chi connectivity index (χ1v) is 30.1. The van der Waals surface area contributed by atoms with Crippen molar-refractivity contribution in [2.45, 2.75) is 186 Å². The number of allylic oxidation sites excluding steroid dienone is 5. The molecule has 2 saturated heterocycles. The molecule has 4 aliphatic rings. The molecule has 2 aromatic rings. The number of nitro groups is 2. The maximum absolute atomic E-state index is 15.0. The van der Waals surface area contributed by atoms with Gasteiger partial charge in [0, 0.05) is 83.2 Å². The van der Waals surface area contributed by atoms with Gasteiger partial charge in [0.15, 0.2) is 5.78 Å². The lowest BCUT2D eigenvalue weighted by molar-refractivity contribution is -0.385. The van der Waals surface area contributed by atoms with Crippen molar-refractivity contribution >= 4 is 47.1 Å². The zero-order chi connectivity index (χ0) is 64.4. The highest BCUT2D eigenvalue weighted by atomic mass is 16.7. The number of rotatable bonds is 12. The Morgan fingerprint density at radius 2 is 1.36 bits per heavy atom. The molecule has 2 aromatic carbocycles. The van der Waals surface area contributed by atoms with E-state index in [1.165, 1.54) is 57.7 Å². The summed E-state index contributed by atoms with van der Waals surface area (Å²) in [6.45, 7) is 10.7. The number of amides is 1. The van der Waals surface area contributed by atoms with Gasteiger partial charge in [0.05, 0.1) is 28.2 Å². The van der Waals surface area contributed by atoms with E-state index in [2.05, 4.69) is 0 Å². The minimum atomic E-state index is -2.51. The number of nitrogens with zero attached hydrogens (tertiary/aromatic N) is 3. The van der Waals surface area contributed by atoms with Crippen LogP contribution in [0.1, 0.15) is 125 Å². The van der Waals surface area contributed by atoms with Crippen molar-refractivity contribution in [1.82, 2.24) is 4.90 Å². The largest absolute Gasteiger partial charge is 0.514 e. The van der Waals surface area contributed by atoms with Gasteiger partial charge in [-0.15, -0.1) is 0 Å². The summed E-state index contributed by atoms with van der Waals surface area (Å²) in [5.41, 5.74) is 0.642. The van der Waals surface area contributed by atoms with Crippen LogP contribution in [0.2, 0.25) is 0 Å². The molecule has 2 N–H and O–H groups in total. The van der Waals surface area contributed by atoms with Gasteiger partial charge in [-0.25, -0.2) is 14.4 Å². The second kappa shape index (κ2) is 32.8. The smallest absolute Gasteiger partial charge is 0.460 e. The maximum Gasteiger partial charge on any atom is 0.514 e. The van der Waals surface area contributed by atoms with Crippen LogP contribution in [0, 0.1) is 49.8 Å². The molecule has 3 aliphatic heterocycles. The number of hydrogen-bond donors (Lipinski definition) is 2. The van der Waals surface area contributed by atoms with Crippen molar-refractivity contribution < 1.29 is 91.5 Å². The number of aliphatic hydroxyl groups excluding tert-OH is 1. The highest BCUT2D eigenvalue weighted by molar-refractivity contribution is 6.39. The topological polar surface area (TPSA) is 315 Å². The third kappa shape index (κ3) is 19.4. The van der Waals surface area contributed by atoms with E-state index < -0.39 is 118 Å². The Labute approximate surface area is 512 Å². The minimum absolute atomic E-state index is 0.0267. The first-order valence-electron chi connectivity index (χ1n) is 30.1. The van der Waals surface area contributed by atoms with Gasteiger partial charge < -0.3 is 57.7 Å². The van der Waals surface area contributed by atoms with Gasteiger partial charge in [-0.3, -0.25) is 34.6 Å². The molecular formula is C64H85N3O21. The SMILES string of the molecule is CO[C@H]1C[C@@H]2CCC[C@@](O)(O2)C(=O)C(=O)N2CCCC[C@H]2C(=O)O[C@H]([C@H](C)C[C@@H]2CC[C@@H](OC(=O)Oc3ccc([N+](=O)[O-])cc3)[C@H](OC)C2)C[C@@H](OC(=O)Oc2ccc([N+](=O)[O-])cc2)[C@H](C)/C=C(\C)[C@@H](O)[C@@H](OC)C(=O)[C@H](C)C[C@H](C)/C=C/C=C/C=C/1C. The van der Waals surface area contributed by atoms with Crippen molar-refractivity contribution in [3.63, 3.8) is 0 Å². The summed E-state index contributed by atoms with van der Waals surface area (Å²) in [6, 6.07) is 8.30. The molecule has 0 spiro atoms. The number of cyclic esters (lactones) is 1. The molecule has 6 rings (SSSR count). The number of methoxy groups -OCH3 is 3. The Bertz CT molecular complexity index is 2870. The zero-order valence-corrected chi connectivity index (χ0v) is 51.6. The van der Waals surface area contributed by atoms with Gasteiger partial charge in [0.25, 0.3) is 23.1 Å². The van der Waals surface area contributed by atoms with Crippen LogP contribution in [0.3, 0.4) is 0 Å². The quantitative estimate of drug-likeness (QED) is 0.0379. The Hall–Kier alpha value is -7.22. The number of piperidine rings is 1. The van der Waals surface area contributed by atoms with Crippen LogP contribution in [0.5, 0.6) is 11.5 Å². The number of fused-ring (bicyclic) bond motifs is 3. The molecule has 24 heteroatoms. The summed E-state index contributed by atoms with van der Waals surface area (Å²) in [5, 5.41) is 46.4. The monoisotopic (exact) mass is 1230 g/mol. The molecule has 0 aromatic heterocycles. The first kappa shape index (κ1) is 69.9. The molecule has 88 heavy (non-hydrogen) atoms. The van der Waals surface area contributed by atoms with Gasteiger partial charge in [-0.1, -0.05) is 64.2 Å². The molecule has 0 radical (unpaired) electrons. The van der Waals surface area contributed by atoms with Crippen molar-refractivity contribution in [2.75, 3.05) is 27.9 Å². The third-order valence-corrected chi connectivity index (χ3v) is 17.1. The zero-order valence-electron chi connectivity index (χ0n) is 51.6. The molecule has 3 fully saturated rings. The van der Waals surface area contributed by atoms with Gasteiger partial charge in [0.2, 0.25) is 5.79 Å². The van der Waals surface area contributed by atoms with Crippen molar-refractivity contribution in [3.8, 4) is 11.5 Å². The Balaban J connectivity index is 1.35. The number of non-ortho nitro benzene ring substituents is 2. The number of ether oxygens (including phenoxy) is 9. The number of hydrogen-bond acceptors (Lipinski definition) is 21. The van der Waals surface area contributed by atoms with Crippen molar-refractivity contribution in [1.29, 1.82) is 0 Å². The normalized spacial score (nSPS) is 32.5. The fourth-order valence-corrected chi connectivity index (χ4v) is 12.1. The van der Waals surface area contributed by atoms with Crippen LogP contribution in [-0.4, -0.2) is 149 Å². The average Bonchev–Trinajstić information content (AvgIpc) is 2.41. The van der Waals surface area contributed by atoms with Crippen LogP contribution in [0.4, 0.5) is 21.0 Å². The molecule has 1 saturated carbocycles. The molecule has 15 atom stereocenters. The van der Waals surface area contributed by atoms with Crippen molar-refractivity contribution in [2.24, 2.45) is 29.6 Å². The van der Waals surface area contributed by atoms with Gasteiger partial charge in [0.1, 0.15) is 48.1 Å². The predicted octanol–water partition coefficient (Wildman–Crippen LogP) is 9.99. The van der Waals surface area contributed by atoms with E-state index in [0.717, 1.165) is 22.6 Å². The number of carbonyl (C=O) groups excluding carboxylic acids is 6. The van der Waals surface area contributed by atoms with Gasteiger partial charge in [-0.05, 0) is 131 Å². The fourth-order valence-electron chi connectivity index (χ4n) is 12.1. The maximum atomic E-state index is 15.0. The summed E-state index contributed by atoms with van der Waals surface area (Å²) in [5.74, 6) is -8.38. The van der Waals surface area contributed by atoms with E-state index in [-0.39, 0.29) is 78.3 Å². The van der Waals surface area contributed by atoms with Gasteiger partial charge >= 0.3 is 18.3 Å². The van der Waals surface area contributed by atoms with E-state index >= 15 is 0 Å². The van der Waals surface area contributed by atoms with E-state index in [4.69, 9.17) is 42.6 Å². The fraction of sp³-hybridized carbons (Fsp3) is 0.594. The Morgan fingerprint density at radius 3 is 1.95 bits per heavy atom. The molecule has 1 aliphatic carbocycles. The molecular weight excluding hydrogens is 1150 g/mol. The number of carbonyl (C=O) groups is 6. The highest BCUT2D eigenvalue weighted by Gasteiger charge is 2.50. The second-order valence-electron chi connectivity index (χ2n) is 23.7. The van der Waals surface area contributed by atoms with E-state index in [0.29, 0.717) is 57.8 Å². The number of Topliss-reactive ketones (excluding diaryl/α,β-unsaturated/α-hetero) is 2. The van der Waals surface area contributed by atoms with E-state index in [1.807, 2.05) is 51.2 Å². The molecule has 482 valence electrons.